The summed E-state index contributed by atoms with van der Waals surface area (Å²) in [7, 11) is -4.32. The van der Waals surface area contributed by atoms with Crippen LogP contribution in [0.1, 0.15) is 18.1 Å². The van der Waals surface area contributed by atoms with Gasteiger partial charge in [0.2, 0.25) is 0 Å². The largest absolute Gasteiger partial charge is 0.450 e. The molecule has 0 spiro atoms. The molecule has 1 aliphatic rings. The third kappa shape index (κ3) is 5.56. The minimum atomic E-state index is -4.32. The van der Waals surface area contributed by atoms with Crippen LogP contribution < -0.4 is 0 Å². The minimum Gasteiger partial charge on any atom is -0.450 e. The summed E-state index contributed by atoms with van der Waals surface area (Å²) in [4.78, 5) is 28.0. The zero-order chi connectivity index (χ0) is 24.2. The highest BCUT2D eigenvalue weighted by atomic mass is 35.5. The fourth-order valence-corrected chi connectivity index (χ4v) is 4.95. The fourth-order valence-electron chi connectivity index (χ4n) is 3.37. The van der Waals surface area contributed by atoms with Crippen molar-refractivity contribution in [3.05, 3.63) is 64.4 Å². The summed E-state index contributed by atoms with van der Waals surface area (Å²) in [6.45, 7) is 3.72. The van der Waals surface area contributed by atoms with Gasteiger partial charge in [-0.15, -0.1) is 0 Å². The lowest BCUT2D eigenvalue weighted by Gasteiger charge is -2.36. The first-order valence-corrected chi connectivity index (χ1v) is 12.2. The highest BCUT2D eigenvalue weighted by molar-refractivity contribution is 7.89. The molecule has 3 amide bonds. The standard InChI is InChI=1S/C22H25ClFN3O5S/c1-3-32-22(29)26-13-11-25(12-14-26)21(28)27(15-18-19(23)5-4-6-20(18)24)33(30,31)17-9-7-16(2)8-10-17/h4-10H,3,11-15H2,1-2H3. The van der Waals surface area contributed by atoms with E-state index >= 15 is 0 Å². The molecule has 33 heavy (non-hydrogen) atoms. The lowest BCUT2D eigenvalue weighted by molar-refractivity contribution is 0.0822. The van der Waals surface area contributed by atoms with E-state index in [1.165, 1.54) is 34.1 Å². The molecule has 11 heteroatoms. The Labute approximate surface area is 197 Å². The van der Waals surface area contributed by atoms with Gasteiger partial charge >= 0.3 is 12.1 Å². The van der Waals surface area contributed by atoms with E-state index in [-0.39, 0.29) is 48.3 Å². The van der Waals surface area contributed by atoms with Crippen LogP contribution in [0.2, 0.25) is 5.02 Å². The molecule has 0 N–H and O–H groups in total. The lowest BCUT2D eigenvalue weighted by atomic mass is 10.2. The van der Waals surface area contributed by atoms with E-state index in [1.54, 1.807) is 19.1 Å². The Kier molecular flexibility index (Phi) is 7.80. The second kappa shape index (κ2) is 10.4. The monoisotopic (exact) mass is 497 g/mol. The van der Waals surface area contributed by atoms with Crippen LogP contribution >= 0.6 is 11.6 Å². The SMILES string of the molecule is CCOC(=O)N1CCN(C(=O)N(Cc2c(F)cccc2Cl)S(=O)(=O)c2ccc(C)cc2)CC1. The Balaban J connectivity index is 1.91. The first-order chi connectivity index (χ1) is 15.6. The van der Waals surface area contributed by atoms with Crippen molar-refractivity contribution in [3.8, 4) is 0 Å². The molecule has 1 saturated heterocycles. The van der Waals surface area contributed by atoms with E-state index in [4.69, 9.17) is 16.3 Å². The summed E-state index contributed by atoms with van der Waals surface area (Å²) in [5.41, 5.74) is 0.743. The number of ether oxygens (including phenoxy) is 1. The summed E-state index contributed by atoms with van der Waals surface area (Å²) in [5.74, 6) is -0.716. The Hall–Kier alpha value is -2.85. The van der Waals surface area contributed by atoms with E-state index < -0.39 is 34.5 Å². The maximum absolute atomic E-state index is 14.5. The maximum Gasteiger partial charge on any atom is 0.409 e. The number of aryl methyl sites for hydroxylation is 1. The average molecular weight is 498 g/mol. The third-order valence-electron chi connectivity index (χ3n) is 5.26. The molecular weight excluding hydrogens is 473 g/mol. The number of benzene rings is 2. The van der Waals surface area contributed by atoms with Gasteiger partial charge in [-0.05, 0) is 38.1 Å². The van der Waals surface area contributed by atoms with E-state index in [1.807, 2.05) is 6.92 Å². The molecule has 2 aromatic carbocycles. The van der Waals surface area contributed by atoms with Gasteiger partial charge in [-0.25, -0.2) is 26.7 Å². The highest BCUT2D eigenvalue weighted by Crippen LogP contribution is 2.26. The predicted molar refractivity (Wildman–Crippen MR) is 121 cm³/mol. The summed E-state index contributed by atoms with van der Waals surface area (Å²) in [6, 6.07) is 9.18. The van der Waals surface area contributed by atoms with Crippen LogP contribution in [-0.4, -0.2) is 67.4 Å². The van der Waals surface area contributed by atoms with Crippen molar-refractivity contribution >= 4 is 33.7 Å². The van der Waals surface area contributed by atoms with Crippen LogP contribution in [0.25, 0.3) is 0 Å². The van der Waals surface area contributed by atoms with Crippen LogP contribution in [0.3, 0.4) is 0 Å². The van der Waals surface area contributed by atoms with Gasteiger partial charge in [0, 0.05) is 36.8 Å². The van der Waals surface area contributed by atoms with Gasteiger partial charge in [-0.2, -0.15) is 0 Å². The van der Waals surface area contributed by atoms with Crippen molar-refractivity contribution in [1.29, 1.82) is 0 Å². The third-order valence-corrected chi connectivity index (χ3v) is 7.35. The molecule has 3 rings (SSSR count). The number of sulfonamides is 1. The molecule has 0 aromatic heterocycles. The van der Waals surface area contributed by atoms with Crippen LogP contribution in [0.15, 0.2) is 47.4 Å². The molecule has 0 bridgehead atoms. The summed E-state index contributed by atoms with van der Waals surface area (Å²) in [5, 5.41) is 0.0130. The van der Waals surface area contributed by atoms with Crippen molar-refractivity contribution in [3.63, 3.8) is 0 Å². The Morgan fingerprint density at radius 3 is 2.24 bits per heavy atom. The Bertz CT molecular complexity index is 1100. The van der Waals surface area contributed by atoms with Gasteiger partial charge in [-0.3, -0.25) is 0 Å². The van der Waals surface area contributed by atoms with Gasteiger partial charge in [0.15, 0.2) is 0 Å². The number of halogens is 2. The van der Waals surface area contributed by atoms with Gasteiger partial charge in [0.1, 0.15) is 5.82 Å². The number of piperazine rings is 1. The molecule has 178 valence electrons. The van der Waals surface area contributed by atoms with Crippen molar-refractivity contribution in [2.45, 2.75) is 25.3 Å². The highest BCUT2D eigenvalue weighted by Gasteiger charge is 2.36. The maximum atomic E-state index is 14.5. The molecule has 0 radical (unpaired) electrons. The van der Waals surface area contributed by atoms with Gasteiger partial charge < -0.3 is 14.5 Å². The van der Waals surface area contributed by atoms with E-state index in [2.05, 4.69) is 0 Å². The van der Waals surface area contributed by atoms with Crippen LogP contribution in [0.5, 0.6) is 0 Å². The first-order valence-electron chi connectivity index (χ1n) is 10.4. The minimum absolute atomic E-state index is 0.0130. The molecular formula is C22H25ClFN3O5S. The smallest absolute Gasteiger partial charge is 0.409 e. The van der Waals surface area contributed by atoms with Crippen molar-refractivity contribution in [2.75, 3.05) is 32.8 Å². The van der Waals surface area contributed by atoms with Gasteiger partial charge in [-0.1, -0.05) is 35.4 Å². The molecule has 1 heterocycles. The number of carbonyl (C=O) groups excluding carboxylic acids is 2. The molecule has 1 aliphatic heterocycles. The number of hydrogen-bond acceptors (Lipinski definition) is 5. The van der Waals surface area contributed by atoms with Crippen molar-refractivity contribution < 1.29 is 27.1 Å². The number of hydrogen-bond donors (Lipinski definition) is 0. The topological polar surface area (TPSA) is 87.2 Å². The number of amides is 3. The van der Waals surface area contributed by atoms with Crippen LogP contribution in [0.4, 0.5) is 14.0 Å². The van der Waals surface area contributed by atoms with Crippen LogP contribution in [-0.2, 0) is 21.3 Å². The second-order valence-electron chi connectivity index (χ2n) is 7.48. The van der Waals surface area contributed by atoms with E-state index in [9.17, 15) is 22.4 Å². The number of carbonyl (C=O) groups is 2. The summed E-state index contributed by atoms with van der Waals surface area (Å²) < 4.78 is 47.0. The van der Waals surface area contributed by atoms with Gasteiger partial charge in [0.25, 0.3) is 10.0 Å². The van der Waals surface area contributed by atoms with Crippen molar-refractivity contribution in [1.82, 2.24) is 14.1 Å². The molecule has 8 nitrogen and oxygen atoms in total. The zero-order valence-electron chi connectivity index (χ0n) is 18.3. The molecule has 0 atom stereocenters. The normalized spacial score (nSPS) is 14.2. The first kappa shape index (κ1) is 24.8. The predicted octanol–water partition coefficient (Wildman–Crippen LogP) is 3.87. The van der Waals surface area contributed by atoms with E-state index in [0.29, 0.717) is 4.31 Å². The van der Waals surface area contributed by atoms with Crippen molar-refractivity contribution in [2.24, 2.45) is 0 Å². The molecule has 0 unspecified atom stereocenters. The Morgan fingerprint density at radius 1 is 1.06 bits per heavy atom. The Morgan fingerprint density at radius 2 is 1.67 bits per heavy atom. The molecule has 2 aromatic rings. The fraction of sp³-hybridized carbons (Fsp3) is 0.364. The molecule has 0 saturated carbocycles. The molecule has 0 aliphatic carbocycles. The quantitative estimate of drug-likeness (QED) is 0.625. The average Bonchev–Trinajstić information content (AvgIpc) is 2.79. The summed E-state index contributed by atoms with van der Waals surface area (Å²) >= 11 is 6.12. The zero-order valence-corrected chi connectivity index (χ0v) is 19.9. The summed E-state index contributed by atoms with van der Waals surface area (Å²) in [6.07, 6.45) is -0.494. The second-order valence-corrected chi connectivity index (χ2v) is 9.75. The van der Waals surface area contributed by atoms with Gasteiger partial charge in [0.05, 0.1) is 18.0 Å². The number of nitrogens with zero attached hydrogens (tertiary/aromatic N) is 3. The number of rotatable bonds is 5. The molecule has 1 fully saturated rings. The van der Waals surface area contributed by atoms with Crippen LogP contribution in [0, 0.1) is 12.7 Å². The van der Waals surface area contributed by atoms with E-state index in [0.717, 1.165) is 11.6 Å². The number of urea groups is 1. The lowest BCUT2D eigenvalue weighted by Crippen LogP contribution is -2.55.